The lowest BCUT2D eigenvalue weighted by atomic mass is 9.90. The molecule has 0 unspecified atom stereocenters. The molecule has 3 heterocycles. The Kier molecular flexibility index (Phi) is 1.96. The van der Waals surface area contributed by atoms with Crippen LogP contribution in [0.3, 0.4) is 0 Å². The molecule has 98 valence electrons. The number of hydrogen-bond donors (Lipinski definition) is 0. The molecule has 0 amide bonds. The van der Waals surface area contributed by atoms with Crippen LogP contribution in [0.25, 0.3) is 10.9 Å². The number of nitrogens with zero attached hydrogens (tertiary/aromatic N) is 1. The van der Waals surface area contributed by atoms with E-state index >= 15 is 0 Å². The van der Waals surface area contributed by atoms with Crippen LogP contribution in [0.4, 0.5) is 0 Å². The van der Waals surface area contributed by atoms with E-state index in [9.17, 15) is 0 Å². The van der Waals surface area contributed by atoms with E-state index in [4.69, 9.17) is 9.47 Å². The molecule has 3 nitrogen and oxygen atoms in total. The fourth-order valence-electron chi connectivity index (χ4n) is 4.04. The highest BCUT2D eigenvalue weighted by Gasteiger charge is 2.52. The predicted molar refractivity (Wildman–Crippen MR) is 75.1 cm³/mol. The Bertz CT molecular complexity index is 704. The summed E-state index contributed by atoms with van der Waals surface area (Å²) in [6, 6.07) is 6.48. The summed E-state index contributed by atoms with van der Waals surface area (Å²) in [7, 11) is 0. The van der Waals surface area contributed by atoms with Crippen molar-refractivity contribution in [2.45, 2.75) is 37.7 Å². The van der Waals surface area contributed by atoms with Crippen molar-refractivity contribution in [2.24, 2.45) is 0 Å². The number of hydrogen-bond acceptors (Lipinski definition) is 2. The molecule has 3 aliphatic rings. The molecule has 1 spiro atoms. The predicted octanol–water partition coefficient (Wildman–Crippen LogP) is 3.32. The van der Waals surface area contributed by atoms with Crippen molar-refractivity contribution in [3.8, 4) is 0 Å². The monoisotopic (exact) mass is 319 g/mol. The van der Waals surface area contributed by atoms with Gasteiger partial charge in [0.2, 0.25) is 5.79 Å². The number of aryl methyl sites for hydroxylation is 1. The zero-order chi connectivity index (χ0) is 12.6. The summed E-state index contributed by atoms with van der Waals surface area (Å²) in [5.41, 5.74) is 4.04. The third-order valence-corrected chi connectivity index (χ3v) is 5.32. The molecule has 1 aliphatic carbocycles. The minimum Gasteiger partial charge on any atom is -0.342 e. The van der Waals surface area contributed by atoms with Crippen LogP contribution < -0.4 is 0 Å². The zero-order valence-electron chi connectivity index (χ0n) is 10.5. The summed E-state index contributed by atoms with van der Waals surface area (Å²) in [5.74, 6) is -0.449. The molecule has 1 aromatic heterocycles. The highest BCUT2D eigenvalue weighted by Crippen LogP contribution is 2.51. The highest BCUT2D eigenvalue weighted by atomic mass is 79.9. The third-order valence-electron chi connectivity index (χ3n) is 4.68. The fourth-order valence-corrected chi connectivity index (χ4v) is 4.62. The van der Waals surface area contributed by atoms with Gasteiger partial charge in [-0.3, -0.25) is 0 Å². The molecule has 2 bridgehead atoms. The van der Waals surface area contributed by atoms with E-state index in [1.165, 1.54) is 26.6 Å². The van der Waals surface area contributed by atoms with E-state index in [0.29, 0.717) is 0 Å². The number of fused-ring (bicyclic) bond motifs is 4. The Morgan fingerprint density at radius 3 is 3.26 bits per heavy atom. The number of benzene rings is 1. The van der Waals surface area contributed by atoms with Gasteiger partial charge in [-0.05, 0) is 40.4 Å². The molecule has 0 radical (unpaired) electrons. The van der Waals surface area contributed by atoms with E-state index in [2.05, 4.69) is 38.7 Å². The average Bonchev–Trinajstić information content (AvgIpc) is 2.90. The number of halogens is 1. The molecule has 19 heavy (non-hydrogen) atoms. The maximum absolute atomic E-state index is 6.20. The second-order valence-corrected chi connectivity index (χ2v) is 6.59. The van der Waals surface area contributed by atoms with Gasteiger partial charge in [0.25, 0.3) is 0 Å². The molecule has 1 fully saturated rings. The maximum Gasteiger partial charge on any atom is 0.211 e. The molecule has 5 rings (SSSR count). The Hall–Kier alpha value is -0.840. The minimum absolute atomic E-state index is 0.209. The Balaban J connectivity index is 1.96. The van der Waals surface area contributed by atoms with Crippen molar-refractivity contribution >= 4 is 26.8 Å². The van der Waals surface area contributed by atoms with Crippen LogP contribution in [0.5, 0.6) is 0 Å². The summed E-state index contributed by atoms with van der Waals surface area (Å²) >= 11 is 3.71. The topological polar surface area (TPSA) is 23.4 Å². The van der Waals surface area contributed by atoms with E-state index in [1.807, 2.05) is 0 Å². The van der Waals surface area contributed by atoms with Gasteiger partial charge in [-0.1, -0.05) is 12.1 Å². The first-order valence-corrected chi connectivity index (χ1v) is 7.70. The van der Waals surface area contributed by atoms with Crippen LogP contribution in [0.2, 0.25) is 0 Å². The third kappa shape index (κ3) is 1.21. The summed E-state index contributed by atoms with van der Waals surface area (Å²) in [6.07, 6.45) is 3.48. The molecule has 2 atom stereocenters. The molecule has 4 heteroatoms. The number of aromatic nitrogens is 1. The largest absolute Gasteiger partial charge is 0.342 e. The summed E-state index contributed by atoms with van der Waals surface area (Å²) < 4.78 is 15.9. The van der Waals surface area contributed by atoms with Gasteiger partial charge >= 0.3 is 0 Å². The van der Waals surface area contributed by atoms with Crippen molar-refractivity contribution in [1.29, 1.82) is 0 Å². The average molecular weight is 320 g/mol. The van der Waals surface area contributed by atoms with Gasteiger partial charge in [0.05, 0.1) is 24.4 Å². The molecule has 0 N–H and O–H groups in total. The first-order chi connectivity index (χ1) is 9.28. The van der Waals surface area contributed by atoms with Gasteiger partial charge in [-0.25, -0.2) is 0 Å². The molecule has 2 aliphatic heterocycles. The summed E-state index contributed by atoms with van der Waals surface area (Å²) in [4.78, 5) is 0. The molecule has 0 saturated carbocycles. The normalized spacial score (nSPS) is 31.7. The minimum atomic E-state index is -0.449. The fraction of sp³-hybridized carbons (Fsp3) is 0.467. The van der Waals surface area contributed by atoms with Crippen LogP contribution in [0.1, 0.15) is 24.1 Å². The van der Waals surface area contributed by atoms with E-state index in [-0.39, 0.29) is 6.10 Å². The number of para-hydroxylation sites is 1. The Labute approximate surface area is 119 Å². The summed E-state index contributed by atoms with van der Waals surface area (Å²) in [6.45, 7) is 1.64. The van der Waals surface area contributed by atoms with Gasteiger partial charge in [-0.15, -0.1) is 0 Å². The Morgan fingerprint density at radius 2 is 2.32 bits per heavy atom. The van der Waals surface area contributed by atoms with Gasteiger partial charge in [0, 0.05) is 16.3 Å². The van der Waals surface area contributed by atoms with Crippen LogP contribution in [0, 0.1) is 0 Å². The number of rotatable bonds is 0. The van der Waals surface area contributed by atoms with Crippen molar-refractivity contribution in [3.63, 3.8) is 0 Å². The van der Waals surface area contributed by atoms with Crippen LogP contribution >= 0.6 is 15.9 Å². The smallest absolute Gasteiger partial charge is 0.211 e. The van der Waals surface area contributed by atoms with Crippen LogP contribution in [0.15, 0.2) is 22.7 Å². The van der Waals surface area contributed by atoms with E-state index in [1.54, 1.807) is 0 Å². The van der Waals surface area contributed by atoms with Crippen molar-refractivity contribution in [1.82, 2.24) is 4.57 Å². The van der Waals surface area contributed by atoms with Gasteiger partial charge < -0.3 is 14.0 Å². The molecular formula is C15H14BrNO2. The van der Waals surface area contributed by atoms with E-state index in [0.717, 1.165) is 32.4 Å². The lowest BCUT2D eigenvalue weighted by molar-refractivity contribution is -0.201. The van der Waals surface area contributed by atoms with Crippen molar-refractivity contribution in [2.75, 3.05) is 6.61 Å². The van der Waals surface area contributed by atoms with Crippen LogP contribution in [-0.4, -0.2) is 17.3 Å². The van der Waals surface area contributed by atoms with Crippen molar-refractivity contribution in [3.05, 3.63) is 33.9 Å². The quantitative estimate of drug-likeness (QED) is 0.743. The lowest BCUT2D eigenvalue weighted by Crippen LogP contribution is -2.39. The first-order valence-electron chi connectivity index (χ1n) is 6.90. The molecule has 1 saturated heterocycles. The Morgan fingerprint density at radius 1 is 1.37 bits per heavy atom. The second kappa shape index (κ2) is 3.43. The highest BCUT2D eigenvalue weighted by molar-refractivity contribution is 9.10. The lowest BCUT2D eigenvalue weighted by Gasteiger charge is -2.37. The van der Waals surface area contributed by atoms with Crippen molar-refractivity contribution < 1.29 is 9.47 Å². The molecular weight excluding hydrogens is 306 g/mol. The van der Waals surface area contributed by atoms with Gasteiger partial charge in [0.15, 0.2) is 0 Å². The standard InChI is InChI=1S/C15H14BrNO2/c16-12-5-1-3-10-11-4-2-6-15-14(11)17(13(10)12)7-9(19-15)8-18-15/h1,3,5,9H,2,4,6-8H2/t9-,15+/m0/s1. The maximum atomic E-state index is 6.20. The summed E-state index contributed by atoms with van der Waals surface area (Å²) in [5, 5.41) is 1.36. The van der Waals surface area contributed by atoms with E-state index < -0.39 is 5.79 Å². The second-order valence-electron chi connectivity index (χ2n) is 5.73. The first kappa shape index (κ1) is 10.9. The van der Waals surface area contributed by atoms with Gasteiger partial charge in [-0.2, -0.15) is 0 Å². The SMILES string of the molecule is Brc1cccc2c3c4n(c12)C[C@H]1CO[C@]4(CCC3)O1. The molecule has 2 aromatic rings. The zero-order valence-corrected chi connectivity index (χ0v) is 12.1. The molecule has 1 aromatic carbocycles. The number of ether oxygens (including phenoxy) is 2. The van der Waals surface area contributed by atoms with Gasteiger partial charge in [0.1, 0.15) is 6.10 Å². The van der Waals surface area contributed by atoms with Crippen LogP contribution in [-0.2, 0) is 28.2 Å².